The number of hydrogen-bond donors (Lipinski definition) is 0. The van der Waals surface area contributed by atoms with Gasteiger partial charge in [-0.2, -0.15) is 0 Å². The van der Waals surface area contributed by atoms with Crippen LogP contribution in [-0.4, -0.2) is 14.9 Å². The molecule has 0 aromatic heterocycles. The van der Waals surface area contributed by atoms with Crippen molar-refractivity contribution >= 4 is 8.32 Å². The lowest BCUT2D eigenvalue weighted by Crippen LogP contribution is -2.33. The Bertz CT molecular complexity index is 159. The molecule has 0 aromatic rings. The van der Waals surface area contributed by atoms with Crippen LogP contribution in [0.25, 0.3) is 0 Å². The molecule has 0 fully saturated rings. The van der Waals surface area contributed by atoms with Gasteiger partial charge in [-0.25, -0.2) is 0 Å². The summed E-state index contributed by atoms with van der Waals surface area (Å²) < 4.78 is 5.80. The van der Waals surface area contributed by atoms with E-state index >= 15 is 0 Å². The van der Waals surface area contributed by atoms with Gasteiger partial charge < -0.3 is 4.43 Å². The van der Waals surface area contributed by atoms with Gasteiger partial charge in [0.05, 0.1) is 0 Å². The third-order valence-electron chi connectivity index (χ3n) is 1.63. The maximum atomic E-state index is 5.80. The van der Waals surface area contributed by atoms with E-state index in [9.17, 15) is 0 Å². The quantitative estimate of drug-likeness (QED) is 0.610. The Kier molecular flexibility index (Phi) is 3.94. The second-order valence-corrected chi connectivity index (χ2v) is 7.91. The van der Waals surface area contributed by atoms with Crippen LogP contribution < -0.4 is 0 Å². The van der Waals surface area contributed by atoms with Crippen molar-refractivity contribution in [1.29, 1.82) is 0 Å². The van der Waals surface area contributed by atoms with Crippen molar-refractivity contribution in [2.75, 3.05) is 6.61 Å². The van der Waals surface area contributed by atoms with Gasteiger partial charge >= 0.3 is 0 Å². The van der Waals surface area contributed by atoms with Crippen LogP contribution in [0.1, 0.15) is 20.8 Å². The normalized spacial score (nSPS) is 12.7. The lowest BCUT2D eigenvalue weighted by molar-refractivity contribution is 0.195. The van der Waals surface area contributed by atoms with E-state index in [4.69, 9.17) is 4.43 Å². The van der Waals surface area contributed by atoms with Gasteiger partial charge in [-0.3, -0.25) is 0 Å². The summed E-state index contributed by atoms with van der Waals surface area (Å²) in [5.74, 6) is 0. The largest absolute Gasteiger partial charge is 0.409 e. The molecule has 0 radical (unpaired) electrons. The predicted molar refractivity (Wildman–Crippen MR) is 57.4 cm³/mol. The summed E-state index contributed by atoms with van der Waals surface area (Å²) in [6, 6.07) is 0. The molecule has 0 saturated carbocycles. The first-order valence-electron chi connectivity index (χ1n) is 4.24. The molecule has 0 aromatic carbocycles. The third kappa shape index (κ3) is 4.52. The SMILES string of the molecule is C=C[Si](C)(C=C)OCC(C)(C)C. The van der Waals surface area contributed by atoms with Crippen molar-refractivity contribution in [3.05, 3.63) is 24.6 Å². The first-order valence-corrected chi connectivity index (χ1v) is 6.80. The summed E-state index contributed by atoms with van der Waals surface area (Å²) in [5, 5.41) is 0. The van der Waals surface area contributed by atoms with Gasteiger partial charge in [0.2, 0.25) is 8.32 Å². The number of rotatable bonds is 4. The monoisotopic (exact) mass is 184 g/mol. The lowest BCUT2D eigenvalue weighted by Gasteiger charge is -2.26. The zero-order chi connectivity index (χ0) is 9.83. The summed E-state index contributed by atoms with van der Waals surface area (Å²) in [4.78, 5) is 0. The fourth-order valence-electron chi connectivity index (χ4n) is 0.573. The van der Waals surface area contributed by atoms with Crippen LogP contribution in [0.15, 0.2) is 24.6 Å². The average Bonchev–Trinajstić information content (AvgIpc) is 1.99. The van der Waals surface area contributed by atoms with Crippen molar-refractivity contribution in [1.82, 2.24) is 0 Å². The molecule has 12 heavy (non-hydrogen) atoms. The highest BCUT2D eigenvalue weighted by Crippen LogP contribution is 2.17. The minimum absolute atomic E-state index is 0.223. The minimum Gasteiger partial charge on any atom is -0.409 e. The topological polar surface area (TPSA) is 9.23 Å². The third-order valence-corrected chi connectivity index (χ3v) is 4.01. The molecule has 0 saturated heterocycles. The van der Waals surface area contributed by atoms with Gasteiger partial charge in [0, 0.05) is 6.61 Å². The molecular weight excluding hydrogens is 164 g/mol. The highest BCUT2D eigenvalue weighted by Gasteiger charge is 2.23. The molecule has 0 unspecified atom stereocenters. The van der Waals surface area contributed by atoms with Gasteiger partial charge in [0.15, 0.2) is 0 Å². The minimum atomic E-state index is -1.78. The molecule has 0 aliphatic heterocycles. The average molecular weight is 184 g/mol. The number of hydrogen-bond acceptors (Lipinski definition) is 1. The van der Waals surface area contributed by atoms with Gasteiger partial charge in [-0.1, -0.05) is 32.2 Å². The Labute approximate surface area is 77.3 Å². The molecule has 0 heterocycles. The smallest absolute Gasteiger partial charge is 0.237 e. The molecule has 0 aliphatic carbocycles. The highest BCUT2D eigenvalue weighted by atomic mass is 28.4. The predicted octanol–water partition coefficient (Wildman–Crippen LogP) is 3.07. The van der Waals surface area contributed by atoms with Crippen LogP contribution in [0.4, 0.5) is 0 Å². The van der Waals surface area contributed by atoms with Crippen molar-refractivity contribution in [2.24, 2.45) is 5.41 Å². The molecule has 70 valence electrons. The van der Waals surface area contributed by atoms with E-state index < -0.39 is 8.32 Å². The maximum Gasteiger partial charge on any atom is 0.237 e. The lowest BCUT2D eigenvalue weighted by atomic mass is 9.99. The molecule has 0 N–H and O–H groups in total. The second kappa shape index (κ2) is 4.05. The van der Waals surface area contributed by atoms with E-state index in [1.54, 1.807) is 0 Å². The summed E-state index contributed by atoms with van der Waals surface area (Å²) >= 11 is 0. The first-order chi connectivity index (χ1) is 5.33. The van der Waals surface area contributed by atoms with Crippen LogP contribution in [-0.2, 0) is 4.43 Å². The molecule has 0 amide bonds. The Hall–Kier alpha value is -0.343. The van der Waals surface area contributed by atoms with Crippen molar-refractivity contribution in [2.45, 2.75) is 27.3 Å². The standard InChI is InChI=1S/C10H20OSi/c1-7-12(6,8-2)11-9-10(3,4)5/h7-8H,1-2,9H2,3-6H3. The van der Waals surface area contributed by atoms with E-state index in [1.165, 1.54) is 0 Å². The van der Waals surface area contributed by atoms with E-state index in [-0.39, 0.29) is 5.41 Å². The molecule has 0 bridgehead atoms. The summed E-state index contributed by atoms with van der Waals surface area (Å²) in [5.41, 5.74) is 4.04. The fourth-order valence-corrected chi connectivity index (χ4v) is 1.72. The molecule has 0 spiro atoms. The van der Waals surface area contributed by atoms with Crippen molar-refractivity contribution in [3.8, 4) is 0 Å². The Morgan fingerprint density at radius 2 is 1.67 bits per heavy atom. The molecule has 2 heteroatoms. The van der Waals surface area contributed by atoms with Crippen LogP contribution in [0, 0.1) is 5.41 Å². The van der Waals surface area contributed by atoms with Crippen LogP contribution in [0.5, 0.6) is 0 Å². The molecule has 0 aliphatic rings. The van der Waals surface area contributed by atoms with Crippen LogP contribution in [0.2, 0.25) is 6.55 Å². The Morgan fingerprint density at radius 1 is 1.25 bits per heavy atom. The fraction of sp³-hybridized carbons (Fsp3) is 0.600. The molecule has 0 rings (SSSR count). The van der Waals surface area contributed by atoms with Gasteiger partial charge in [0.1, 0.15) is 0 Å². The van der Waals surface area contributed by atoms with Crippen LogP contribution >= 0.6 is 0 Å². The summed E-state index contributed by atoms with van der Waals surface area (Å²) in [6.45, 7) is 16.9. The van der Waals surface area contributed by atoms with Crippen molar-refractivity contribution in [3.63, 3.8) is 0 Å². The van der Waals surface area contributed by atoms with Crippen LogP contribution in [0.3, 0.4) is 0 Å². The van der Waals surface area contributed by atoms with Crippen molar-refractivity contribution < 1.29 is 4.43 Å². The summed E-state index contributed by atoms with van der Waals surface area (Å²) in [6.07, 6.45) is 0. The first kappa shape index (κ1) is 11.7. The second-order valence-electron chi connectivity index (χ2n) is 4.44. The van der Waals surface area contributed by atoms with Gasteiger partial charge in [-0.15, -0.1) is 13.2 Å². The Balaban J connectivity index is 4.06. The van der Waals surface area contributed by atoms with E-state index in [2.05, 4.69) is 40.5 Å². The molecule has 1 nitrogen and oxygen atoms in total. The maximum absolute atomic E-state index is 5.80. The van der Waals surface area contributed by atoms with E-state index in [1.807, 2.05) is 11.4 Å². The zero-order valence-electron chi connectivity index (χ0n) is 8.68. The van der Waals surface area contributed by atoms with E-state index in [0.717, 1.165) is 6.61 Å². The summed E-state index contributed by atoms with van der Waals surface area (Å²) in [7, 11) is -1.78. The molecular formula is C10H20OSi. The highest BCUT2D eigenvalue weighted by molar-refractivity contribution is 6.82. The molecule has 0 atom stereocenters. The Morgan fingerprint density at radius 3 is 1.92 bits per heavy atom. The van der Waals surface area contributed by atoms with Gasteiger partial charge in [0.25, 0.3) is 0 Å². The van der Waals surface area contributed by atoms with Gasteiger partial charge in [-0.05, 0) is 12.0 Å². The zero-order valence-corrected chi connectivity index (χ0v) is 9.68. The van der Waals surface area contributed by atoms with E-state index in [0.29, 0.717) is 0 Å².